The maximum absolute atomic E-state index is 3.73. The lowest BCUT2D eigenvalue weighted by Gasteiger charge is -2.25. The number of nitrogens with zero attached hydrogens (tertiary/aromatic N) is 1. The van der Waals surface area contributed by atoms with Gasteiger partial charge in [-0.1, -0.05) is 105 Å². The summed E-state index contributed by atoms with van der Waals surface area (Å²) in [5, 5.41) is 6.30. The summed E-state index contributed by atoms with van der Waals surface area (Å²) in [4.78, 5) is 2.32. The Kier molecular flexibility index (Phi) is 6.70. The van der Waals surface area contributed by atoms with E-state index >= 15 is 0 Å². The summed E-state index contributed by atoms with van der Waals surface area (Å²) >= 11 is 1.86. The van der Waals surface area contributed by atoms with Gasteiger partial charge < -0.3 is 10.2 Å². The number of nitrogens with one attached hydrogen (secondary N) is 1. The molecule has 0 bridgehead atoms. The highest BCUT2D eigenvalue weighted by Gasteiger charge is 2.35. The van der Waals surface area contributed by atoms with Gasteiger partial charge >= 0.3 is 0 Å². The van der Waals surface area contributed by atoms with E-state index in [1.807, 2.05) is 11.3 Å². The van der Waals surface area contributed by atoms with Crippen molar-refractivity contribution in [1.29, 1.82) is 0 Å². The van der Waals surface area contributed by atoms with E-state index in [1.165, 1.54) is 53.6 Å². The lowest BCUT2D eigenvalue weighted by atomic mass is 9.82. The first-order valence-corrected chi connectivity index (χ1v) is 17.3. The van der Waals surface area contributed by atoms with Crippen LogP contribution in [0.25, 0.3) is 42.4 Å². The molecule has 1 N–H and O–H groups in total. The summed E-state index contributed by atoms with van der Waals surface area (Å²) in [6, 6.07) is 59.3. The predicted octanol–water partition coefficient (Wildman–Crippen LogP) is 13.2. The maximum atomic E-state index is 3.73. The third-order valence-electron chi connectivity index (χ3n) is 9.81. The van der Waals surface area contributed by atoms with Gasteiger partial charge in [0.15, 0.2) is 0 Å². The van der Waals surface area contributed by atoms with Crippen molar-refractivity contribution in [3.8, 4) is 22.3 Å². The Hall–Kier alpha value is -5.64. The summed E-state index contributed by atoms with van der Waals surface area (Å²) in [6.45, 7) is 4.66. The van der Waals surface area contributed by atoms with Gasteiger partial charge in [-0.25, -0.2) is 0 Å². The lowest BCUT2D eigenvalue weighted by molar-refractivity contribution is 0.660. The Balaban J connectivity index is 1.04. The highest BCUT2D eigenvalue weighted by molar-refractivity contribution is 7.25. The fourth-order valence-corrected chi connectivity index (χ4v) is 8.53. The maximum Gasteiger partial charge on any atom is 0.0467 e. The number of thiophene rings is 1. The molecule has 3 heteroatoms. The first-order chi connectivity index (χ1) is 23.5. The molecule has 1 aliphatic carbocycles. The van der Waals surface area contributed by atoms with Crippen LogP contribution in [-0.2, 0) is 5.41 Å². The van der Waals surface area contributed by atoms with Crippen molar-refractivity contribution in [3.63, 3.8) is 0 Å². The molecule has 0 radical (unpaired) electrons. The van der Waals surface area contributed by atoms with Gasteiger partial charge in [-0.2, -0.15) is 0 Å². The van der Waals surface area contributed by atoms with Crippen LogP contribution in [0.15, 0.2) is 164 Å². The van der Waals surface area contributed by atoms with Crippen LogP contribution in [0.2, 0.25) is 0 Å². The first-order valence-electron chi connectivity index (χ1n) is 16.5. The predicted molar refractivity (Wildman–Crippen MR) is 207 cm³/mol. The zero-order chi connectivity index (χ0) is 32.2. The van der Waals surface area contributed by atoms with Gasteiger partial charge in [0.05, 0.1) is 0 Å². The van der Waals surface area contributed by atoms with Crippen LogP contribution in [-0.4, -0.2) is 0 Å². The SMILES string of the molecule is CC1(C)c2ccccc2-c2ccc(Nc3ccc4sc5cc(-c6cccc(N(c7ccccc7)c7ccccc7)c6)ccc5c4c3)cc21. The second kappa shape index (κ2) is 11.3. The summed E-state index contributed by atoms with van der Waals surface area (Å²) in [7, 11) is 0. The number of anilines is 5. The van der Waals surface area contributed by atoms with Gasteiger partial charge in [-0.15, -0.1) is 11.3 Å². The molecule has 0 spiro atoms. The lowest BCUT2D eigenvalue weighted by Crippen LogP contribution is -2.15. The fourth-order valence-electron chi connectivity index (χ4n) is 7.41. The third-order valence-corrected chi connectivity index (χ3v) is 10.9. The second-order valence-corrected chi connectivity index (χ2v) is 14.2. The van der Waals surface area contributed by atoms with Crippen molar-refractivity contribution in [2.24, 2.45) is 0 Å². The summed E-state index contributed by atoms with van der Waals surface area (Å²) in [5.41, 5.74) is 13.5. The standard InChI is InChI=1S/C45H34N2S/c1-45(2)41-19-10-9-18-37(41)38-24-21-33(29-42(38)45)46-32-22-25-43-40(28-32)39-23-20-31(27-44(39)48-43)30-12-11-17-36(26-30)47(34-13-5-3-6-14-34)35-15-7-4-8-16-35/h3-29,46H,1-2H3. The first kappa shape index (κ1) is 28.6. The monoisotopic (exact) mass is 634 g/mol. The van der Waals surface area contributed by atoms with Gasteiger partial charge in [-0.3, -0.25) is 0 Å². The number of benzene rings is 7. The van der Waals surface area contributed by atoms with E-state index < -0.39 is 0 Å². The Labute approximate surface area is 285 Å². The highest BCUT2D eigenvalue weighted by Crippen LogP contribution is 2.49. The topological polar surface area (TPSA) is 15.3 Å². The molecule has 2 nitrogen and oxygen atoms in total. The molecular weight excluding hydrogens is 601 g/mol. The molecule has 0 aliphatic heterocycles. The third kappa shape index (κ3) is 4.78. The van der Waals surface area contributed by atoms with Crippen LogP contribution in [0.3, 0.4) is 0 Å². The van der Waals surface area contributed by atoms with Gasteiger partial charge in [-0.05, 0) is 106 Å². The molecule has 0 unspecified atom stereocenters. The van der Waals surface area contributed by atoms with Gasteiger partial charge in [0.1, 0.15) is 0 Å². The molecule has 0 fully saturated rings. The number of hydrogen-bond acceptors (Lipinski definition) is 3. The van der Waals surface area contributed by atoms with Crippen LogP contribution in [0.5, 0.6) is 0 Å². The molecule has 0 atom stereocenters. The smallest absolute Gasteiger partial charge is 0.0467 e. The van der Waals surface area contributed by atoms with Crippen LogP contribution in [0.1, 0.15) is 25.0 Å². The Morgan fingerprint density at radius 2 is 1.10 bits per heavy atom. The van der Waals surface area contributed by atoms with Crippen molar-refractivity contribution in [2.45, 2.75) is 19.3 Å². The highest BCUT2D eigenvalue weighted by atomic mass is 32.1. The van der Waals surface area contributed by atoms with Gasteiger partial charge in [0, 0.05) is 54.0 Å². The molecule has 7 aromatic carbocycles. The van der Waals surface area contributed by atoms with Crippen molar-refractivity contribution >= 4 is 59.9 Å². The van der Waals surface area contributed by atoms with Crippen molar-refractivity contribution in [3.05, 3.63) is 175 Å². The molecule has 48 heavy (non-hydrogen) atoms. The molecular formula is C45H34N2S. The number of rotatable bonds is 6. The number of fused-ring (bicyclic) bond motifs is 6. The molecule has 0 saturated carbocycles. The summed E-state index contributed by atoms with van der Waals surface area (Å²) in [5.74, 6) is 0. The average Bonchev–Trinajstić information content (AvgIpc) is 3.60. The van der Waals surface area contributed by atoms with Crippen LogP contribution < -0.4 is 10.2 Å². The molecule has 1 aromatic heterocycles. The molecule has 8 aromatic rings. The van der Waals surface area contributed by atoms with E-state index in [-0.39, 0.29) is 5.41 Å². The molecule has 0 saturated heterocycles. The Morgan fingerprint density at radius 3 is 1.90 bits per heavy atom. The van der Waals surface area contributed by atoms with Gasteiger partial charge in [0.2, 0.25) is 0 Å². The second-order valence-electron chi connectivity index (χ2n) is 13.1. The van der Waals surface area contributed by atoms with Crippen molar-refractivity contribution in [1.82, 2.24) is 0 Å². The van der Waals surface area contributed by atoms with E-state index in [2.05, 4.69) is 188 Å². The van der Waals surface area contributed by atoms with Crippen LogP contribution >= 0.6 is 11.3 Å². The minimum atomic E-state index is -0.0181. The molecule has 1 aliphatic rings. The van der Waals surface area contributed by atoms with E-state index in [0.717, 1.165) is 28.4 Å². The summed E-state index contributed by atoms with van der Waals surface area (Å²) in [6.07, 6.45) is 0. The zero-order valence-corrected chi connectivity index (χ0v) is 27.8. The summed E-state index contributed by atoms with van der Waals surface area (Å²) < 4.78 is 2.59. The van der Waals surface area contributed by atoms with E-state index in [0.29, 0.717) is 0 Å². The Morgan fingerprint density at radius 1 is 0.458 bits per heavy atom. The van der Waals surface area contributed by atoms with Crippen LogP contribution in [0.4, 0.5) is 28.4 Å². The quantitative estimate of drug-likeness (QED) is 0.196. The average molecular weight is 635 g/mol. The largest absolute Gasteiger partial charge is 0.355 e. The minimum Gasteiger partial charge on any atom is -0.355 e. The van der Waals surface area contributed by atoms with E-state index in [4.69, 9.17) is 0 Å². The van der Waals surface area contributed by atoms with E-state index in [1.54, 1.807) is 0 Å². The zero-order valence-electron chi connectivity index (χ0n) is 26.9. The minimum absolute atomic E-state index is 0.0181. The molecule has 1 heterocycles. The van der Waals surface area contributed by atoms with Crippen molar-refractivity contribution < 1.29 is 0 Å². The Bertz CT molecular complexity index is 2420. The van der Waals surface area contributed by atoms with Crippen LogP contribution in [0, 0.1) is 0 Å². The van der Waals surface area contributed by atoms with Gasteiger partial charge in [0.25, 0.3) is 0 Å². The number of hydrogen-bond donors (Lipinski definition) is 1. The molecule has 0 amide bonds. The molecule has 9 rings (SSSR count). The normalized spacial score (nSPS) is 13.0. The fraction of sp³-hybridized carbons (Fsp3) is 0.0667. The number of para-hydroxylation sites is 2. The van der Waals surface area contributed by atoms with E-state index in [9.17, 15) is 0 Å². The van der Waals surface area contributed by atoms with Crippen molar-refractivity contribution in [2.75, 3.05) is 10.2 Å². The molecule has 230 valence electrons.